The first-order valence-electron chi connectivity index (χ1n) is 3.99. The first kappa shape index (κ1) is 8.74. The fraction of sp³-hybridized carbons (Fsp3) is 0.100. The third-order valence-electron chi connectivity index (χ3n) is 2.00. The lowest BCUT2D eigenvalue weighted by Crippen LogP contribution is -1.92. The number of nitrogens with zero attached hydrogens (tertiary/aromatic N) is 1. The second-order valence-electron chi connectivity index (χ2n) is 3.03. The van der Waals surface area contributed by atoms with Gasteiger partial charge in [0.2, 0.25) is 0 Å². The van der Waals surface area contributed by atoms with E-state index in [2.05, 4.69) is 39.7 Å². The Balaban J connectivity index is 2.86. The second-order valence-corrected chi connectivity index (χ2v) is 4.27. The molecular weight excluding hydrogens is 275 g/mol. The van der Waals surface area contributed by atoms with E-state index < -0.39 is 0 Å². The molecule has 0 spiro atoms. The van der Waals surface area contributed by atoms with Gasteiger partial charge >= 0.3 is 0 Å². The van der Waals surface area contributed by atoms with Crippen molar-refractivity contribution in [3.8, 4) is 0 Å². The Morgan fingerprint density at radius 3 is 2.85 bits per heavy atom. The average molecular weight is 284 g/mol. The van der Waals surface area contributed by atoms with E-state index >= 15 is 0 Å². The van der Waals surface area contributed by atoms with Gasteiger partial charge in [-0.3, -0.25) is 0 Å². The fourth-order valence-electron chi connectivity index (χ4n) is 1.40. The lowest BCUT2D eigenvalue weighted by Gasteiger charge is -2.03. The number of halogens is 1. The molecule has 1 aromatic carbocycles. The van der Waals surface area contributed by atoms with Crippen LogP contribution in [0.25, 0.3) is 10.9 Å². The van der Waals surface area contributed by atoms with Gasteiger partial charge in [-0.2, -0.15) is 0 Å². The Labute approximate surface area is 90.3 Å². The van der Waals surface area contributed by atoms with Crippen LogP contribution in [0.1, 0.15) is 5.56 Å². The molecule has 2 rings (SSSR count). The first-order chi connectivity index (χ1) is 6.16. The van der Waals surface area contributed by atoms with E-state index in [1.54, 1.807) is 0 Å². The van der Waals surface area contributed by atoms with E-state index in [1.807, 2.05) is 19.1 Å². The Morgan fingerprint density at radius 2 is 2.08 bits per heavy atom. The maximum Gasteiger partial charge on any atom is 0.124 e. The highest BCUT2D eigenvalue weighted by atomic mass is 127. The van der Waals surface area contributed by atoms with Crippen molar-refractivity contribution in [2.24, 2.45) is 0 Å². The molecule has 1 aromatic heterocycles. The number of hydrogen-bond acceptors (Lipinski definition) is 2. The van der Waals surface area contributed by atoms with Crippen molar-refractivity contribution < 1.29 is 0 Å². The summed E-state index contributed by atoms with van der Waals surface area (Å²) in [4.78, 5) is 4.27. The van der Waals surface area contributed by atoms with E-state index in [1.165, 1.54) is 14.5 Å². The second kappa shape index (κ2) is 3.14. The molecule has 0 aliphatic heterocycles. The molecule has 0 aliphatic rings. The Hall–Kier alpha value is -0.840. The van der Waals surface area contributed by atoms with Gasteiger partial charge in [0.1, 0.15) is 5.82 Å². The third kappa shape index (κ3) is 1.60. The number of hydrogen-bond donors (Lipinski definition) is 1. The zero-order valence-corrected chi connectivity index (χ0v) is 9.37. The molecule has 0 saturated carbocycles. The van der Waals surface area contributed by atoms with E-state index in [-0.39, 0.29) is 0 Å². The molecule has 1 heterocycles. The minimum Gasteiger partial charge on any atom is -0.384 e. The number of rotatable bonds is 0. The highest BCUT2D eigenvalue weighted by Gasteiger charge is 2.00. The van der Waals surface area contributed by atoms with Crippen molar-refractivity contribution in [3.63, 3.8) is 0 Å². The summed E-state index contributed by atoms with van der Waals surface area (Å²) in [5.74, 6) is 0.590. The predicted molar refractivity (Wildman–Crippen MR) is 63.6 cm³/mol. The molecule has 0 fully saturated rings. The maximum absolute atomic E-state index is 5.66. The molecule has 0 atom stereocenters. The van der Waals surface area contributed by atoms with Gasteiger partial charge in [0, 0.05) is 8.96 Å². The van der Waals surface area contributed by atoms with E-state index in [9.17, 15) is 0 Å². The normalized spacial score (nSPS) is 10.6. The monoisotopic (exact) mass is 284 g/mol. The molecule has 2 N–H and O–H groups in total. The summed E-state index contributed by atoms with van der Waals surface area (Å²) in [6.45, 7) is 2.05. The van der Waals surface area contributed by atoms with Crippen LogP contribution in [-0.2, 0) is 0 Å². The van der Waals surface area contributed by atoms with Gasteiger partial charge in [-0.1, -0.05) is 6.07 Å². The van der Waals surface area contributed by atoms with E-state index in [0.717, 1.165) is 5.52 Å². The lowest BCUT2D eigenvalue weighted by molar-refractivity contribution is 1.37. The summed E-state index contributed by atoms with van der Waals surface area (Å²) in [7, 11) is 0. The topological polar surface area (TPSA) is 38.9 Å². The van der Waals surface area contributed by atoms with Gasteiger partial charge in [-0.25, -0.2) is 4.98 Å². The molecule has 0 unspecified atom stereocenters. The van der Waals surface area contributed by atoms with E-state index in [4.69, 9.17) is 5.73 Å². The number of nitrogens with two attached hydrogens (primary N) is 1. The molecule has 0 aliphatic carbocycles. The van der Waals surface area contributed by atoms with Crippen molar-refractivity contribution in [2.75, 3.05) is 5.73 Å². The number of nitrogen functional groups attached to an aromatic ring is 1. The van der Waals surface area contributed by atoms with Crippen molar-refractivity contribution in [1.82, 2.24) is 4.98 Å². The smallest absolute Gasteiger partial charge is 0.124 e. The molecule has 2 nitrogen and oxygen atoms in total. The van der Waals surface area contributed by atoms with Gasteiger partial charge < -0.3 is 5.73 Å². The number of benzene rings is 1. The maximum atomic E-state index is 5.66. The van der Waals surface area contributed by atoms with Gasteiger partial charge in [0.05, 0.1) is 5.52 Å². The zero-order valence-electron chi connectivity index (χ0n) is 7.21. The Bertz CT molecular complexity index is 460. The largest absolute Gasteiger partial charge is 0.384 e. The van der Waals surface area contributed by atoms with Crippen LogP contribution < -0.4 is 5.73 Å². The van der Waals surface area contributed by atoms with Crippen LogP contribution in [0.2, 0.25) is 0 Å². The van der Waals surface area contributed by atoms with Gasteiger partial charge in [0.15, 0.2) is 0 Å². The van der Waals surface area contributed by atoms with Crippen LogP contribution >= 0.6 is 22.6 Å². The number of pyridine rings is 1. The Kier molecular flexibility index (Phi) is 2.11. The molecule has 0 amide bonds. The van der Waals surface area contributed by atoms with Crippen LogP contribution in [-0.4, -0.2) is 4.98 Å². The van der Waals surface area contributed by atoms with Crippen LogP contribution in [0.15, 0.2) is 24.3 Å². The highest BCUT2D eigenvalue weighted by Crippen LogP contribution is 2.20. The highest BCUT2D eigenvalue weighted by molar-refractivity contribution is 14.1. The van der Waals surface area contributed by atoms with Crippen molar-refractivity contribution in [1.29, 1.82) is 0 Å². The minimum absolute atomic E-state index is 0.590. The SMILES string of the molecule is Cc1cc(N)nc2cc(I)ccc12. The number of aryl methyl sites for hydroxylation is 1. The molecule has 0 saturated heterocycles. The van der Waals surface area contributed by atoms with Crippen LogP contribution in [0.4, 0.5) is 5.82 Å². The summed E-state index contributed by atoms with van der Waals surface area (Å²) in [6, 6.07) is 8.10. The van der Waals surface area contributed by atoms with Crippen molar-refractivity contribution in [2.45, 2.75) is 6.92 Å². The molecule has 2 aromatic rings. The average Bonchev–Trinajstić information content (AvgIpc) is 2.02. The fourth-order valence-corrected chi connectivity index (χ4v) is 1.88. The van der Waals surface area contributed by atoms with Gasteiger partial charge in [0.25, 0.3) is 0 Å². The lowest BCUT2D eigenvalue weighted by atomic mass is 10.1. The van der Waals surface area contributed by atoms with Crippen LogP contribution in [0.3, 0.4) is 0 Å². The van der Waals surface area contributed by atoms with Crippen LogP contribution in [0.5, 0.6) is 0 Å². The minimum atomic E-state index is 0.590. The summed E-state index contributed by atoms with van der Waals surface area (Å²) in [6.07, 6.45) is 0. The summed E-state index contributed by atoms with van der Waals surface area (Å²) >= 11 is 2.27. The third-order valence-corrected chi connectivity index (χ3v) is 2.67. The molecule has 3 heteroatoms. The number of aromatic nitrogens is 1. The first-order valence-corrected chi connectivity index (χ1v) is 5.07. The van der Waals surface area contributed by atoms with Crippen molar-refractivity contribution in [3.05, 3.63) is 33.4 Å². The summed E-state index contributed by atoms with van der Waals surface area (Å²) < 4.78 is 1.18. The molecular formula is C10H9IN2. The van der Waals surface area contributed by atoms with Gasteiger partial charge in [-0.05, 0) is 53.3 Å². The number of anilines is 1. The molecule has 66 valence electrons. The molecule has 0 radical (unpaired) electrons. The summed E-state index contributed by atoms with van der Waals surface area (Å²) in [5.41, 5.74) is 7.82. The molecule has 0 bridgehead atoms. The van der Waals surface area contributed by atoms with Crippen LogP contribution in [0, 0.1) is 10.5 Å². The van der Waals surface area contributed by atoms with Gasteiger partial charge in [-0.15, -0.1) is 0 Å². The quantitative estimate of drug-likeness (QED) is 0.755. The molecule has 13 heavy (non-hydrogen) atoms. The predicted octanol–water partition coefficient (Wildman–Crippen LogP) is 2.73. The standard InChI is InChI=1S/C10H9IN2/c1-6-4-10(12)13-9-5-7(11)2-3-8(6)9/h2-5H,1H3,(H2,12,13). The Morgan fingerprint density at radius 1 is 1.31 bits per heavy atom. The summed E-state index contributed by atoms with van der Waals surface area (Å²) in [5, 5.41) is 1.18. The van der Waals surface area contributed by atoms with E-state index in [0.29, 0.717) is 5.82 Å². The van der Waals surface area contributed by atoms with Crippen molar-refractivity contribution >= 4 is 39.3 Å². The zero-order chi connectivity index (χ0) is 9.42. The number of fused-ring (bicyclic) bond motifs is 1.